The van der Waals surface area contributed by atoms with Crippen LogP contribution >= 0.6 is 15.9 Å². The SMILES string of the molecule is CCNC(c1cc(F)ccc1Br)C1CCOC2(CCC2)C1. The lowest BCUT2D eigenvalue weighted by Crippen LogP contribution is -2.48. The Morgan fingerprint density at radius 2 is 2.29 bits per heavy atom. The molecule has 1 aliphatic heterocycles. The van der Waals surface area contributed by atoms with E-state index >= 15 is 0 Å². The summed E-state index contributed by atoms with van der Waals surface area (Å²) in [6, 6.07) is 5.18. The minimum atomic E-state index is -0.165. The fraction of sp³-hybridized carbons (Fsp3) is 0.647. The summed E-state index contributed by atoms with van der Waals surface area (Å²) in [6.07, 6.45) is 5.79. The second kappa shape index (κ2) is 6.35. The van der Waals surface area contributed by atoms with Crippen molar-refractivity contribution in [2.45, 2.75) is 50.7 Å². The van der Waals surface area contributed by atoms with Crippen molar-refractivity contribution in [3.63, 3.8) is 0 Å². The number of nitrogens with one attached hydrogen (secondary N) is 1. The third-order valence-corrected chi connectivity index (χ3v) is 5.71. The first kappa shape index (κ1) is 15.4. The molecule has 0 bridgehead atoms. The van der Waals surface area contributed by atoms with Crippen LogP contribution in [0.4, 0.5) is 4.39 Å². The fourth-order valence-electron chi connectivity index (χ4n) is 3.77. The molecule has 0 radical (unpaired) electrons. The van der Waals surface area contributed by atoms with Crippen molar-refractivity contribution in [1.29, 1.82) is 0 Å². The Morgan fingerprint density at radius 1 is 1.48 bits per heavy atom. The van der Waals surface area contributed by atoms with Gasteiger partial charge in [0.15, 0.2) is 0 Å². The molecule has 21 heavy (non-hydrogen) atoms. The van der Waals surface area contributed by atoms with E-state index in [1.165, 1.54) is 25.3 Å². The van der Waals surface area contributed by atoms with Crippen molar-refractivity contribution >= 4 is 15.9 Å². The number of hydrogen-bond donors (Lipinski definition) is 1. The second-order valence-corrected chi connectivity index (χ2v) is 7.19. The van der Waals surface area contributed by atoms with Gasteiger partial charge in [-0.1, -0.05) is 22.9 Å². The maximum absolute atomic E-state index is 13.7. The van der Waals surface area contributed by atoms with Crippen LogP contribution in [0, 0.1) is 11.7 Å². The summed E-state index contributed by atoms with van der Waals surface area (Å²) in [7, 11) is 0. The van der Waals surface area contributed by atoms with Gasteiger partial charge in [0.25, 0.3) is 0 Å². The van der Waals surface area contributed by atoms with Gasteiger partial charge in [-0.2, -0.15) is 0 Å². The third-order valence-electron chi connectivity index (χ3n) is 4.98. The molecule has 2 fully saturated rings. The van der Waals surface area contributed by atoms with E-state index in [1.54, 1.807) is 6.07 Å². The molecule has 1 heterocycles. The Kier molecular flexibility index (Phi) is 4.67. The zero-order valence-electron chi connectivity index (χ0n) is 12.5. The van der Waals surface area contributed by atoms with E-state index in [4.69, 9.17) is 4.74 Å². The van der Waals surface area contributed by atoms with Crippen LogP contribution in [-0.2, 0) is 4.74 Å². The molecule has 3 rings (SSSR count). The summed E-state index contributed by atoms with van der Waals surface area (Å²) in [5.41, 5.74) is 1.16. The van der Waals surface area contributed by atoms with Crippen LogP contribution < -0.4 is 5.32 Å². The first-order chi connectivity index (χ1) is 10.1. The van der Waals surface area contributed by atoms with Gasteiger partial charge in [0.05, 0.1) is 5.60 Å². The first-order valence-corrected chi connectivity index (χ1v) is 8.75. The van der Waals surface area contributed by atoms with Gasteiger partial charge >= 0.3 is 0 Å². The average molecular weight is 356 g/mol. The summed E-state index contributed by atoms with van der Waals surface area (Å²) in [4.78, 5) is 0. The molecule has 4 heteroatoms. The van der Waals surface area contributed by atoms with Crippen molar-refractivity contribution in [3.05, 3.63) is 34.1 Å². The van der Waals surface area contributed by atoms with Crippen LogP contribution in [0.3, 0.4) is 0 Å². The molecule has 0 amide bonds. The van der Waals surface area contributed by atoms with Gasteiger partial charge in [0, 0.05) is 17.1 Å². The van der Waals surface area contributed by atoms with Gasteiger partial charge in [-0.25, -0.2) is 4.39 Å². The minimum Gasteiger partial charge on any atom is -0.375 e. The average Bonchev–Trinajstić information content (AvgIpc) is 2.46. The first-order valence-electron chi connectivity index (χ1n) is 7.96. The summed E-state index contributed by atoms with van der Waals surface area (Å²) in [6.45, 7) is 3.83. The van der Waals surface area contributed by atoms with Crippen LogP contribution in [0.25, 0.3) is 0 Å². The van der Waals surface area contributed by atoms with Crippen molar-refractivity contribution in [3.8, 4) is 0 Å². The topological polar surface area (TPSA) is 21.3 Å². The molecule has 2 aliphatic rings. The molecule has 116 valence electrons. The minimum absolute atomic E-state index is 0.121. The number of ether oxygens (including phenoxy) is 1. The van der Waals surface area contributed by atoms with Crippen molar-refractivity contribution in [1.82, 2.24) is 5.32 Å². The van der Waals surface area contributed by atoms with Gasteiger partial charge in [-0.3, -0.25) is 0 Å². The summed E-state index contributed by atoms with van der Waals surface area (Å²) in [5.74, 6) is 0.346. The van der Waals surface area contributed by atoms with Gasteiger partial charge in [0.1, 0.15) is 5.82 Å². The molecule has 0 aromatic heterocycles. The highest BCUT2D eigenvalue weighted by Crippen LogP contribution is 2.47. The van der Waals surface area contributed by atoms with E-state index in [9.17, 15) is 4.39 Å². The highest BCUT2D eigenvalue weighted by atomic mass is 79.9. The highest BCUT2D eigenvalue weighted by Gasteiger charge is 2.44. The maximum atomic E-state index is 13.7. The quantitative estimate of drug-likeness (QED) is 0.852. The predicted molar refractivity (Wildman–Crippen MR) is 85.8 cm³/mol. The summed E-state index contributed by atoms with van der Waals surface area (Å²) >= 11 is 3.59. The van der Waals surface area contributed by atoms with Crippen LogP contribution in [0.15, 0.2) is 22.7 Å². The lowest BCUT2D eigenvalue weighted by atomic mass is 9.69. The molecule has 2 unspecified atom stereocenters. The molecule has 1 aromatic carbocycles. The normalized spacial score (nSPS) is 25.6. The van der Waals surface area contributed by atoms with Crippen LogP contribution in [0.2, 0.25) is 0 Å². The largest absolute Gasteiger partial charge is 0.375 e. The van der Waals surface area contributed by atoms with Crippen LogP contribution in [-0.4, -0.2) is 18.8 Å². The lowest BCUT2D eigenvalue weighted by molar-refractivity contribution is -0.147. The molecule has 1 spiro atoms. The highest BCUT2D eigenvalue weighted by molar-refractivity contribution is 9.10. The summed E-state index contributed by atoms with van der Waals surface area (Å²) in [5, 5.41) is 3.57. The Bertz CT molecular complexity index is 504. The molecule has 1 N–H and O–H groups in total. The Morgan fingerprint density at radius 3 is 2.95 bits per heavy atom. The number of rotatable bonds is 4. The van der Waals surface area contributed by atoms with E-state index in [2.05, 4.69) is 28.2 Å². The maximum Gasteiger partial charge on any atom is 0.123 e. The number of halogens is 2. The van der Waals surface area contributed by atoms with Crippen molar-refractivity contribution in [2.24, 2.45) is 5.92 Å². The lowest BCUT2D eigenvalue weighted by Gasteiger charge is -2.49. The standard InChI is InChI=1S/C17H23BrFNO/c1-2-20-16(14-10-13(19)4-5-15(14)18)12-6-9-21-17(11-12)7-3-8-17/h4-5,10,12,16,20H,2-3,6-9,11H2,1H3. The Labute approximate surface area is 134 Å². The number of hydrogen-bond acceptors (Lipinski definition) is 2. The Balaban J connectivity index is 1.84. The van der Waals surface area contributed by atoms with Gasteiger partial charge in [-0.15, -0.1) is 0 Å². The zero-order chi connectivity index (χ0) is 14.9. The van der Waals surface area contributed by atoms with Crippen LogP contribution in [0.1, 0.15) is 50.6 Å². The van der Waals surface area contributed by atoms with E-state index in [1.807, 2.05) is 6.07 Å². The molecule has 2 atom stereocenters. The van der Waals surface area contributed by atoms with Crippen molar-refractivity contribution < 1.29 is 9.13 Å². The third kappa shape index (κ3) is 3.17. The van der Waals surface area contributed by atoms with Gasteiger partial charge in [0.2, 0.25) is 0 Å². The molecule has 1 aliphatic carbocycles. The molecular weight excluding hydrogens is 333 g/mol. The van der Waals surface area contributed by atoms with E-state index in [0.717, 1.165) is 36.0 Å². The Hall–Kier alpha value is -0.450. The molecule has 2 nitrogen and oxygen atoms in total. The molecule has 1 saturated heterocycles. The van der Waals surface area contributed by atoms with E-state index in [0.29, 0.717) is 5.92 Å². The molecular formula is C17H23BrFNO. The predicted octanol–water partition coefficient (Wildman–Crippen LogP) is 4.59. The number of benzene rings is 1. The molecule has 1 saturated carbocycles. The van der Waals surface area contributed by atoms with E-state index < -0.39 is 0 Å². The van der Waals surface area contributed by atoms with Gasteiger partial charge < -0.3 is 10.1 Å². The van der Waals surface area contributed by atoms with Crippen molar-refractivity contribution in [2.75, 3.05) is 13.2 Å². The van der Waals surface area contributed by atoms with Gasteiger partial charge in [-0.05, 0) is 68.3 Å². The van der Waals surface area contributed by atoms with E-state index in [-0.39, 0.29) is 17.5 Å². The smallest absolute Gasteiger partial charge is 0.123 e. The monoisotopic (exact) mass is 355 g/mol. The molecule has 1 aromatic rings. The summed E-state index contributed by atoms with van der Waals surface area (Å²) < 4.78 is 20.7. The second-order valence-electron chi connectivity index (χ2n) is 6.34. The fourth-order valence-corrected chi connectivity index (χ4v) is 4.27. The zero-order valence-corrected chi connectivity index (χ0v) is 14.1. The van der Waals surface area contributed by atoms with Crippen LogP contribution in [0.5, 0.6) is 0 Å².